The van der Waals surface area contributed by atoms with Crippen molar-refractivity contribution in [2.45, 2.75) is 25.7 Å². The highest BCUT2D eigenvalue weighted by molar-refractivity contribution is 7.89. The van der Waals surface area contributed by atoms with E-state index in [4.69, 9.17) is 11.6 Å². The molecule has 0 saturated heterocycles. The molecular weight excluding hydrogens is 386 g/mol. The number of halogens is 1. The van der Waals surface area contributed by atoms with Gasteiger partial charge in [-0.05, 0) is 36.8 Å². The molecule has 0 aromatic heterocycles. The number of carbonyl (C=O) groups excluding carboxylic acids is 1. The smallest absolute Gasteiger partial charge is 0.243 e. The van der Waals surface area contributed by atoms with Crippen LogP contribution >= 0.6 is 11.6 Å². The third-order valence-corrected chi connectivity index (χ3v) is 6.52. The van der Waals surface area contributed by atoms with Crippen LogP contribution in [-0.4, -0.2) is 38.3 Å². The van der Waals surface area contributed by atoms with Crippen LogP contribution in [0.25, 0.3) is 0 Å². The lowest BCUT2D eigenvalue weighted by atomic mass is 10.2. The van der Waals surface area contributed by atoms with Crippen molar-refractivity contribution in [3.05, 3.63) is 53.1 Å². The van der Waals surface area contributed by atoms with Gasteiger partial charge in [-0.15, -0.1) is 0 Å². The Balaban J connectivity index is 2.13. The highest BCUT2D eigenvalue weighted by atomic mass is 35.5. The number of hydrogen-bond donors (Lipinski definition) is 2. The van der Waals surface area contributed by atoms with Crippen molar-refractivity contribution in [2.75, 3.05) is 30.3 Å². The first kappa shape index (κ1) is 21.2. The van der Waals surface area contributed by atoms with Crippen LogP contribution in [0.5, 0.6) is 0 Å². The van der Waals surface area contributed by atoms with Gasteiger partial charge in [-0.1, -0.05) is 43.6 Å². The SMILES string of the molecule is CCN(CC)S(=O)(=O)c1ccc(C)c(NCC(=O)Nc2ccccc2Cl)c1. The Bertz CT molecular complexity index is 912. The summed E-state index contributed by atoms with van der Waals surface area (Å²) in [5.74, 6) is -0.278. The van der Waals surface area contributed by atoms with Crippen LogP contribution in [0.2, 0.25) is 5.02 Å². The van der Waals surface area contributed by atoms with Gasteiger partial charge in [0.1, 0.15) is 0 Å². The zero-order chi connectivity index (χ0) is 20.0. The van der Waals surface area contributed by atoms with Gasteiger partial charge in [0, 0.05) is 18.8 Å². The third-order valence-electron chi connectivity index (χ3n) is 4.14. The molecule has 1 amide bonds. The topological polar surface area (TPSA) is 78.5 Å². The maximum absolute atomic E-state index is 12.7. The molecule has 0 aliphatic heterocycles. The predicted molar refractivity (Wildman–Crippen MR) is 110 cm³/mol. The summed E-state index contributed by atoms with van der Waals surface area (Å²) >= 11 is 6.03. The van der Waals surface area contributed by atoms with Crippen LogP contribution in [0.15, 0.2) is 47.4 Å². The molecule has 2 aromatic carbocycles. The second-order valence-electron chi connectivity index (χ2n) is 5.95. The minimum Gasteiger partial charge on any atom is -0.376 e. The molecule has 0 unspecified atom stereocenters. The van der Waals surface area contributed by atoms with E-state index in [0.717, 1.165) is 5.56 Å². The summed E-state index contributed by atoms with van der Waals surface area (Å²) < 4.78 is 26.8. The molecule has 0 spiro atoms. The average molecular weight is 410 g/mol. The molecule has 0 atom stereocenters. The lowest BCUT2D eigenvalue weighted by Crippen LogP contribution is -2.30. The number of hydrogen-bond acceptors (Lipinski definition) is 4. The maximum Gasteiger partial charge on any atom is 0.243 e. The Morgan fingerprint density at radius 3 is 2.37 bits per heavy atom. The molecule has 2 rings (SSSR count). The molecule has 2 N–H and O–H groups in total. The van der Waals surface area contributed by atoms with Gasteiger partial charge in [-0.2, -0.15) is 4.31 Å². The second kappa shape index (κ2) is 9.21. The summed E-state index contributed by atoms with van der Waals surface area (Å²) in [5.41, 5.74) is 1.97. The van der Waals surface area contributed by atoms with Gasteiger partial charge in [0.15, 0.2) is 0 Å². The van der Waals surface area contributed by atoms with Gasteiger partial charge in [0.25, 0.3) is 0 Å². The van der Waals surface area contributed by atoms with Crippen LogP contribution in [-0.2, 0) is 14.8 Å². The number of rotatable bonds is 8. The maximum atomic E-state index is 12.7. The summed E-state index contributed by atoms with van der Waals surface area (Å²) in [5, 5.41) is 6.18. The molecule has 2 aromatic rings. The van der Waals surface area contributed by atoms with Crippen molar-refractivity contribution < 1.29 is 13.2 Å². The first-order valence-corrected chi connectivity index (χ1v) is 10.5. The van der Waals surface area contributed by atoms with E-state index in [1.165, 1.54) is 4.31 Å². The van der Waals surface area contributed by atoms with Gasteiger partial charge >= 0.3 is 0 Å². The molecular formula is C19H24ClN3O3S. The van der Waals surface area contributed by atoms with Gasteiger partial charge < -0.3 is 10.6 Å². The minimum atomic E-state index is -3.56. The monoisotopic (exact) mass is 409 g/mol. The summed E-state index contributed by atoms with van der Waals surface area (Å²) in [6.45, 7) is 6.23. The fourth-order valence-corrected chi connectivity index (χ4v) is 4.26. The Kier molecular flexibility index (Phi) is 7.24. The molecule has 0 fully saturated rings. The van der Waals surface area contributed by atoms with E-state index < -0.39 is 10.0 Å². The number of nitrogens with zero attached hydrogens (tertiary/aromatic N) is 1. The predicted octanol–water partition coefficient (Wildman–Crippen LogP) is 3.73. The number of para-hydroxylation sites is 1. The van der Waals surface area contributed by atoms with E-state index in [1.807, 2.05) is 6.92 Å². The van der Waals surface area contributed by atoms with E-state index in [9.17, 15) is 13.2 Å². The Morgan fingerprint density at radius 2 is 1.74 bits per heavy atom. The molecule has 0 aliphatic carbocycles. The molecule has 27 heavy (non-hydrogen) atoms. The van der Waals surface area contributed by atoms with Crippen LogP contribution in [0, 0.1) is 6.92 Å². The number of nitrogens with one attached hydrogen (secondary N) is 2. The van der Waals surface area contributed by atoms with Crippen molar-refractivity contribution in [1.29, 1.82) is 0 Å². The lowest BCUT2D eigenvalue weighted by molar-refractivity contribution is -0.114. The molecule has 0 aliphatic rings. The highest BCUT2D eigenvalue weighted by Gasteiger charge is 2.22. The average Bonchev–Trinajstić information content (AvgIpc) is 2.63. The lowest BCUT2D eigenvalue weighted by Gasteiger charge is -2.19. The zero-order valence-corrected chi connectivity index (χ0v) is 17.2. The summed E-state index contributed by atoms with van der Waals surface area (Å²) in [6.07, 6.45) is 0. The molecule has 0 radical (unpaired) electrons. The zero-order valence-electron chi connectivity index (χ0n) is 15.6. The second-order valence-corrected chi connectivity index (χ2v) is 8.29. The van der Waals surface area contributed by atoms with Gasteiger partial charge in [0.05, 0.1) is 22.2 Å². The largest absolute Gasteiger partial charge is 0.376 e. The van der Waals surface area contributed by atoms with Crippen LogP contribution in [0.3, 0.4) is 0 Å². The number of anilines is 2. The Morgan fingerprint density at radius 1 is 1.07 bits per heavy atom. The minimum absolute atomic E-state index is 0.0131. The third kappa shape index (κ3) is 5.22. The highest BCUT2D eigenvalue weighted by Crippen LogP contribution is 2.23. The number of benzene rings is 2. The first-order valence-electron chi connectivity index (χ1n) is 8.68. The van der Waals surface area contributed by atoms with Gasteiger partial charge in [0.2, 0.25) is 15.9 Å². The number of aryl methyl sites for hydroxylation is 1. The fourth-order valence-electron chi connectivity index (χ4n) is 2.60. The van der Waals surface area contributed by atoms with Crippen molar-refractivity contribution in [1.82, 2.24) is 4.31 Å². The standard InChI is InChI=1S/C19H24ClN3O3S/c1-4-23(5-2)27(25,26)15-11-10-14(3)18(12-15)21-13-19(24)22-17-9-7-6-8-16(17)20/h6-12,21H,4-5,13H2,1-3H3,(H,22,24). The van der Waals surface area contributed by atoms with E-state index in [-0.39, 0.29) is 17.3 Å². The van der Waals surface area contributed by atoms with E-state index in [0.29, 0.717) is 29.5 Å². The summed E-state index contributed by atoms with van der Waals surface area (Å²) in [7, 11) is -3.56. The van der Waals surface area contributed by atoms with Gasteiger partial charge in [-0.3, -0.25) is 4.79 Å². The first-order chi connectivity index (χ1) is 12.8. The normalized spacial score (nSPS) is 11.4. The molecule has 0 bridgehead atoms. The Hall–Kier alpha value is -2.09. The number of sulfonamides is 1. The van der Waals surface area contributed by atoms with Crippen molar-refractivity contribution in [2.24, 2.45) is 0 Å². The molecule has 0 saturated carbocycles. The number of carbonyl (C=O) groups is 1. The van der Waals surface area contributed by atoms with Gasteiger partial charge in [-0.25, -0.2) is 8.42 Å². The quantitative estimate of drug-likeness (QED) is 0.696. The van der Waals surface area contributed by atoms with Crippen molar-refractivity contribution in [3.8, 4) is 0 Å². The van der Waals surface area contributed by atoms with Crippen LogP contribution in [0.1, 0.15) is 19.4 Å². The van der Waals surface area contributed by atoms with Crippen molar-refractivity contribution >= 4 is 38.9 Å². The summed E-state index contributed by atoms with van der Waals surface area (Å²) in [6, 6.07) is 11.8. The van der Waals surface area contributed by atoms with Crippen molar-refractivity contribution in [3.63, 3.8) is 0 Å². The Labute approximate surface area is 165 Å². The molecule has 0 heterocycles. The molecule has 6 nitrogen and oxygen atoms in total. The van der Waals surface area contributed by atoms with E-state index in [2.05, 4.69) is 10.6 Å². The molecule has 8 heteroatoms. The van der Waals surface area contributed by atoms with E-state index in [1.54, 1.807) is 56.3 Å². The van der Waals surface area contributed by atoms with Crippen LogP contribution in [0.4, 0.5) is 11.4 Å². The molecule has 146 valence electrons. The fraction of sp³-hybridized carbons (Fsp3) is 0.316. The van der Waals surface area contributed by atoms with Crippen LogP contribution < -0.4 is 10.6 Å². The van der Waals surface area contributed by atoms with E-state index >= 15 is 0 Å². The summed E-state index contributed by atoms with van der Waals surface area (Å²) in [4.78, 5) is 12.4. The number of amides is 1.